The van der Waals surface area contributed by atoms with Crippen LogP contribution in [0.25, 0.3) is 0 Å². The highest BCUT2D eigenvalue weighted by Gasteiger charge is 2.30. The molecule has 0 aromatic rings. The lowest BCUT2D eigenvalue weighted by Gasteiger charge is -2.25. The molecule has 0 bridgehead atoms. The third-order valence-corrected chi connectivity index (χ3v) is 4.26. The van der Waals surface area contributed by atoms with Gasteiger partial charge in [-0.25, -0.2) is 4.79 Å². The molecule has 0 unspecified atom stereocenters. The van der Waals surface area contributed by atoms with Crippen molar-refractivity contribution in [2.45, 2.75) is 63.7 Å². The van der Waals surface area contributed by atoms with Crippen molar-refractivity contribution in [3.8, 4) is 0 Å². The van der Waals surface area contributed by atoms with Gasteiger partial charge in [-0.05, 0) is 31.7 Å². The van der Waals surface area contributed by atoms with E-state index >= 15 is 0 Å². The number of aliphatic hydroxyl groups excluding tert-OH is 2. The van der Waals surface area contributed by atoms with Gasteiger partial charge in [-0.2, -0.15) is 0 Å². The summed E-state index contributed by atoms with van der Waals surface area (Å²) in [6.07, 6.45) is 2.03. The molecular weight excluding hydrogens is 398 g/mol. The van der Waals surface area contributed by atoms with Crippen LogP contribution in [0.3, 0.4) is 0 Å². The zero-order valence-corrected chi connectivity index (χ0v) is 17.5. The van der Waals surface area contributed by atoms with Crippen LogP contribution in [-0.2, 0) is 19.2 Å². The van der Waals surface area contributed by atoms with Crippen molar-refractivity contribution in [1.82, 2.24) is 16.0 Å². The molecule has 0 spiro atoms. The first-order chi connectivity index (χ1) is 14.1. The van der Waals surface area contributed by atoms with Crippen LogP contribution in [0.2, 0.25) is 0 Å². The van der Waals surface area contributed by atoms with E-state index in [-0.39, 0.29) is 12.3 Å². The van der Waals surface area contributed by atoms with Gasteiger partial charge in [0.05, 0.1) is 19.3 Å². The standard InChI is InChI=1S/C18H35N5O7/c1-10(2)7-12(21-15(26)11(20)5-3-4-6-19)16(27)22-13(8-24)17(28)23-14(9-25)18(29)30/h10-14,24-25H,3-9,19-20H2,1-2H3,(H,21,26)(H,22,27)(H,23,28)(H,29,30)/t11-,12-,13-,14-/m0/s1. The van der Waals surface area contributed by atoms with E-state index in [0.717, 1.165) is 6.42 Å². The molecule has 0 saturated carbocycles. The largest absolute Gasteiger partial charge is 0.480 e. The van der Waals surface area contributed by atoms with Crippen LogP contribution >= 0.6 is 0 Å². The van der Waals surface area contributed by atoms with Crippen molar-refractivity contribution >= 4 is 23.7 Å². The fraction of sp³-hybridized carbons (Fsp3) is 0.778. The molecule has 0 heterocycles. The summed E-state index contributed by atoms with van der Waals surface area (Å²) in [5, 5.41) is 34.1. The van der Waals surface area contributed by atoms with Crippen molar-refractivity contribution in [2.75, 3.05) is 19.8 Å². The van der Waals surface area contributed by atoms with Crippen molar-refractivity contribution in [2.24, 2.45) is 17.4 Å². The number of hydrogen-bond acceptors (Lipinski definition) is 8. The zero-order valence-electron chi connectivity index (χ0n) is 17.5. The lowest BCUT2D eigenvalue weighted by molar-refractivity contribution is -0.143. The molecule has 4 atom stereocenters. The average molecular weight is 434 g/mol. The monoisotopic (exact) mass is 433 g/mol. The number of nitrogens with one attached hydrogen (secondary N) is 3. The molecule has 12 heteroatoms. The Morgan fingerprint density at radius 2 is 1.33 bits per heavy atom. The van der Waals surface area contributed by atoms with E-state index in [4.69, 9.17) is 21.7 Å². The second-order valence-electron chi connectivity index (χ2n) is 7.41. The van der Waals surface area contributed by atoms with E-state index in [0.29, 0.717) is 19.4 Å². The molecule has 0 fully saturated rings. The Morgan fingerprint density at radius 1 is 0.833 bits per heavy atom. The summed E-state index contributed by atoms with van der Waals surface area (Å²) in [6, 6.07) is -4.87. The predicted molar refractivity (Wildman–Crippen MR) is 108 cm³/mol. The van der Waals surface area contributed by atoms with Crippen LogP contribution in [-0.4, -0.2) is 82.9 Å². The predicted octanol–water partition coefficient (Wildman–Crippen LogP) is -2.99. The Bertz CT molecular complexity index is 573. The smallest absolute Gasteiger partial charge is 0.328 e. The van der Waals surface area contributed by atoms with Gasteiger partial charge in [-0.1, -0.05) is 20.3 Å². The Hall–Kier alpha value is -2.28. The molecular formula is C18H35N5O7. The maximum atomic E-state index is 12.6. The van der Waals surface area contributed by atoms with Crippen molar-refractivity contribution in [3.63, 3.8) is 0 Å². The SMILES string of the molecule is CC(C)C[C@H](NC(=O)[C@@H](N)CCCCN)C(=O)N[C@@H](CO)C(=O)N[C@@H](CO)C(=O)O. The van der Waals surface area contributed by atoms with Crippen molar-refractivity contribution < 1.29 is 34.5 Å². The maximum absolute atomic E-state index is 12.6. The third kappa shape index (κ3) is 10.5. The van der Waals surface area contributed by atoms with E-state index in [9.17, 15) is 24.3 Å². The Balaban J connectivity index is 5.08. The second kappa shape index (κ2) is 14.7. The number of unbranched alkanes of at least 4 members (excludes halogenated alkanes) is 1. The molecule has 0 radical (unpaired) electrons. The molecule has 0 aliphatic rings. The minimum atomic E-state index is -1.58. The summed E-state index contributed by atoms with van der Waals surface area (Å²) in [7, 11) is 0. The van der Waals surface area contributed by atoms with Crippen LogP contribution in [0, 0.1) is 5.92 Å². The second-order valence-corrected chi connectivity index (χ2v) is 7.41. The number of hydrogen-bond donors (Lipinski definition) is 8. The molecule has 0 aromatic heterocycles. The van der Waals surface area contributed by atoms with Crippen LogP contribution in [0.1, 0.15) is 39.5 Å². The van der Waals surface area contributed by atoms with Gasteiger partial charge in [-0.15, -0.1) is 0 Å². The minimum Gasteiger partial charge on any atom is -0.480 e. The molecule has 0 aliphatic carbocycles. The summed E-state index contributed by atoms with van der Waals surface area (Å²) in [5.41, 5.74) is 11.3. The van der Waals surface area contributed by atoms with Crippen LogP contribution in [0.15, 0.2) is 0 Å². The Morgan fingerprint density at radius 3 is 1.80 bits per heavy atom. The summed E-state index contributed by atoms with van der Waals surface area (Å²) in [4.78, 5) is 48.0. The molecule has 0 saturated heterocycles. The highest BCUT2D eigenvalue weighted by Crippen LogP contribution is 2.07. The summed E-state index contributed by atoms with van der Waals surface area (Å²) in [5.74, 6) is -3.69. The van der Waals surface area contributed by atoms with E-state index in [2.05, 4.69) is 10.6 Å². The molecule has 12 nitrogen and oxygen atoms in total. The summed E-state index contributed by atoms with van der Waals surface area (Å²) in [6.45, 7) is 2.49. The molecule has 0 aliphatic heterocycles. The molecule has 0 aromatic carbocycles. The number of aliphatic carboxylic acids is 1. The van der Waals surface area contributed by atoms with Gasteiger partial charge < -0.3 is 42.7 Å². The average Bonchev–Trinajstić information content (AvgIpc) is 2.68. The number of rotatable bonds is 15. The maximum Gasteiger partial charge on any atom is 0.328 e. The third-order valence-electron chi connectivity index (χ3n) is 4.26. The van der Waals surface area contributed by atoms with Gasteiger partial charge >= 0.3 is 5.97 Å². The number of aliphatic hydroxyl groups is 2. The lowest BCUT2D eigenvalue weighted by atomic mass is 10.0. The molecule has 3 amide bonds. The lowest BCUT2D eigenvalue weighted by Crippen LogP contribution is -2.58. The first-order valence-corrected chi connectivity index (χ1v) is 9.88. The fourth-order valence-corrected chi connectivity index (χ4v) is 2.55. The zero-order chi connectivity index (χ0) is 23.3. The topological polar surface area (TPSA) is 217 Å². The number of amides is 3. The molecule has 174 valence electrons. The summed E-state index contributed by atoms with van der Waals surface area (Å²) >= 11 is 0. The highest BCUT2D eigenvalue weighted by molar-refractivity contribution is 5.94. The van der Waals surface area contributed by atoms with Gasteiger partial charge in [0.2, 0.25) is 17.7 Å². The van der Waals surface area contributed by atoms with E-state index in [1.165, 1.54) is 0 Å². The van der Waals surface area contributed by atoms with Gasteiger partial charge in [0.15, 0.2) is 0 Å². The fourth-order valence-electron chi connectivity index (χ4n) is 2.55. The Kier molecular flexibility index (Phi) is 13.5. The quantitative estimate of drug-likeness (QED) is 0.123. The van der Waals surface area contributed by atoms with Gasteiger partial charge in [0.1, 0.15) is 18.1 Å². The molecule has 0 rings (SSSR count). The first kappa shape index (κ1) is 27.7. The van der Waals surface area contributed by atoms with Crippen molar-refractivity contribution in [1.29, 1.82) is 0 Å². The first-order valence-electron chi connectivity index (χ1n) is 9.88. The van der Waals surface area contributed by atoms with E-state index in [1.54, 1.807) is 0 Å². The number of carbonyl (C=O) groups excluding carboxylic acids is 3. The number of carbonyl (C=O) groups is 4. The van der Waals surface area contributed by atoms with Crippen molar-refractivity contribution in [3.05, 3.63) is 0 Å². The number of carboxylic acid groups (broad SMARTS) is 1. The van der Waals surface area contributed by atoms with Gasteiger partial charge in [0.25, 0.3) is 0 Å². The van der Waals surface area contributed by atoms with Gasteiger partial charge in [-0.3, -0.25) is 14.4 Å². The van der Waals surface area contributed by atoms with Crippen LogP contribution < -0.4 is 27.4 Å². The summed E-state index contributed by atoms with van der Waals surface area (Å²) < 4.78 is 0. The van der Waals surface area contributed by atoms with Gasteiger partial charge in [0, 0.05) is 0 Å². The Labute approximate surface area is 175 Å². The van der Waals surface area contributed by atoms with Crippen LogP contribution in [0.4, 0.5) is 0 Å². The van der Waals surface area contributed by atoms with E-state index < -0.39 is 61.1 Å². The number of carboxylic acids is 1. The van der Waals surface area contributed by atoms with Crippen LogP contribution in [0.5, 0.6) is 0 Å². The highest BCUT2D eigenvalue weighted by atomic mass is 16.4. The number of nitrogens with two attached hydrogens (primary N) is 2. The van der Waals surface area contributed by atoms with E-state index in [1.807, 2.05) is 19.2 Å². The molecule has 10 N–H and O–H groups in total. The minimum absolute atomic E-state index is 0.0155. The molecule has 30 heavy (non-hydrogen) atoms. The normalized spacial score (nSPS) is 15.0.